The summed E-state index contributed by atoms with van der Waals surface area (Å²) in [6, 6.07) is 0. The van der Waals surface area contributed by atoms with Gasteiger partial charge in [-0.2, -0.15) is 0 Å². The first-order chi connectivity index (χ1) is 9.67. The highest BCUT2D eigenvalue weighted by atomic mass is 28.4. The molecule has 20 heavy (non-hydrogen) atoms. The average molecular weight is 304 g/mol. The Balaban J connectivity index is 0.000000388. The molecule has 5 nitrogen and oxygen atoms in total. The Morgan fingerprint density at radius 2 is 1.60 bits per heavy atom. The van der Waals surface area contributed by atoms with Crippen molar-refractivity contribution < 1.29 is 22.8 Å². The molecule has 118 valence electrons. The molecular formula is C14H28O5Si. The van der Waals surface area contributed by atoms with Gasteiger partial charge in [0.25, 0.3) is 0 Å². The fourth-order valence-corrected chi connectivity index (χ4v) is 3.16. The largest absolute Gasteiger partial charge is 0.528 e. The van der Waals surface area contributed by atoms with Gasteiger partial charge >= 0.3 is 8.80 Å². The quantitative estimate of drug-likeness (QED) is 0.254. The summed E-state index contributed by atoms with van der Waals surface area (Å²) in [6.45, 7) is 17.0. The maximum atomic E-state index is 5.44. The minimum Gasteiger partial charge on any atom is -0.375 e. The maximum Gasteiger partial charge on any atom is 0.528 e. The van der Waals surface area contributed by atoms with Crippen molar-refractivity contribution in [3.63, 3.8) is 0 Å². The van der Waals surface area contributed by atoms with E-state index in [2.05, 4.69) is 13.2 Å². The molecule has 0 radical (unpaired) electrons. The third-order valence-electron chi connectivity index (χ3n) is 2.23. The molecule has 1 atom stereocenters. The van der Waals surface area contributed by atoms with Crippen molar-refractivity contribution in [3.05, 3.63) is 24.9 Å². The van der Waals surface area contributed by atoms with Crippen molar-refractivity contribution in [1.82, 2.24) is 0 Å². The molecule has 0 aliphatic carbocycles. The lowest BCUT2D eigenvalue weighted by Gasteiger charge is -2.24. The highest BCUT2D eigenvalue weighted by molar-refractivity contribution is 6.66. The van der Waals surface area contributed by atoms with Gasteiger partial charge in [0.1, 0.15) is 6.10 Å². The van der Waals surface area contributed by atoms with Crippen molar-refractivity contribution in [1.29, 1.82) is 0 Å². The minimum absolute atomic E-state index is 0.384. The summed E-state index contributed by atoms with van der Waals surface area (Å²) >= 11 is 0. The predicted octanol–water partition coefficient (Wildman–Crippen LogP) is 2.35. The molecule has 1 aliphatic heterocycles. The van der Waals surface area contributed by atoms with Crippen LogP contribution in [0.15, 0.2) is 24.9 Å². The van der Waals surface area contributed by atoms with Crippen LogP contribution in [0, 0.1) is 0 Å². The van der Waals surface area contributed by atoms with Crippen LogP contribution in [0.4, 0.5) is 0 Å². The summed E-state index contributed by atoms with van der Waals surface area (Å²) in [4.78, 5) is 0. The molecule has 1 fully saturated rings. The van der Waals surface area contributed by atoms with Crippen molar-refractivity contribution in [3.8, 4) is 0 Å². The summed E-state index contributed by atoms with van der Waals surface area (Å²) in [7, 11) is -2.51. The topological polar surface area (TPSA) is 49.5 Å². The first-order valence-corrected chi connectivity index (χ1v) is 8.83. The smallest absolute Gasteiger partial charge is 0.375 e. The Morgan fingerprint density at radius 3 is 1.90 bits per heavy atom. The number of epoxide rings is 1. The average Bonchev–Trinajstić information content (AvgIpc) is 3.25. The molecule has 0 aromatic rings. The van der Waals surface area contributed by atoms with E-state index in [9.17, 15) is 0 Å². The van der Waals surface area contributed by atoms with Crippen LogP contribution in [0.1, 0.15) is 20.8 Å². The van der Waals surface area contributed by atoms with Gasteiger partial charge in [0.2, 0.25) is 0 Å². The molecule has 0 spiro atoms. The molecule has 6 heteroatoms. The monoisotopic (exact) mass is 304 g/mol. The third-order valence-corrected chi connectivity index (χ3v) is 4.80. The highest BCUT2D eigenvalue weighted by Crippen LogP contribution is 2.10. The number of hydrogen-bond donors (Lipinski definition) is 0. The van der Waals surface area contributed by atoms with Gasteiger partial charge in [-0.05, 0) is 26.5 Å². The molecule has 1 heterocycles. The van der Waals surface area contributed by atoms with Crippen LogP contribution in [0.5, 0.6) is 0 Å². The van der Waals surface area contributed by atoms with Crippen LogP contribution < -0.4 is 0 Å². The zero-order chi connectivity index (χ0) is 15.3. The predicted molar refractivity (Wildman–Crippen MR) is 81.6 cm³/mol. The second-order valence-corrected chi connectivity index (χ2v) is 6.37. The zero-order valence-corrected chi connectivity index (χ0v) is 13.9. The Labute approximate surface area is 123 Å². The van der Waals surface area contributed by atoms with Gasteiger partial charge in [0.05, 0.1) is 19.8 Å². The van der Waals surface area contributed by atoms with Gasteiger partial charge in [-0.3, -0.25) is 0 Å². The zero-order valence-electron chi connectivity index (χ0n) is 12.9. The Morgan fingerprint density at radius 1 is 1.10 bits per heavy atom. The van der Waals surface area contributed by atoms with Crippen LogP contribution in [0.3, 0.4) is 0 Å². The first-order valence-electron chi connectivity index (χ1n) is 7.03. The van der Waals surface area contributed by atoms with Crippen LogP contribution in [-0.2, 0) is 22.8 Å². The van der Waals surface area contributed by atoms with Gasteiger partial charge < -0.3 is 22.8 Å². The standard InChI is InChI=1S/C8H18O3Si.C6H10O2/c1-5-9-12(8-4,10-6-2)11-7-3;1-2-3-7-4-6-5-8-6/h8H,4-7H2,1-3H3;2,6H,1,3-5H2. The van der Waals surface area contributed by atoms with Gasteiger partial charge in [0, 0.05) is 19.8 Å². The Hall–Kier alpha value is -0.503. The second kappa shape index (κ2) is 12.3. The summed E-state index contributed by atoms with van der Waals surface area (Å²) < 4.78 is 26.3. The summed E-state index contributed by atoms with van der Waals surface area (Å²) in [5, 5.41) is 0. The van der Waals surface area contributed by atoms with E-state index in [4.69, 9.17) is 22.8 Å². The lowest BCUT2D eigenvalue weighted by Crippen LogP contribution is -2.44. The fourth-order valence-electron chi connectivity index (χ4n) is 1.35. The number of ether oxygens (including phenoxy) is 2. The molecule has 1 rings (SSSR count). The van der Waals surface area contributed by atoms with Gasteiger partial charge in [0.15, 0.2) is 0 Å². The third kappa shape index (κ3) is 9.41. The second-order valence-electron chi connectivity index (χ2n) is 3.89. The summed E-state index contributed by atoms with van der Waals surface area (Å²) in [6.07, 6.45) is 2.12. The van der Waals surface area contributed by atoms with Crippen molar-refractivity contribution >= 4 is 8.80 Å². The molecule has 0 aromatic heterocycles. The molecule has 0 saturated carbocycles. The maximum absolute atomic E-state index is 5.44. The van der Waals surface area contributed by atoms with E-state index in [1.165, 1.54) is 0 Å². The summed E-state index contributed by atoms with van der Waals surface area (Å²) in [5.41, 5.74) is 1.67. The van der Waals surface area contributed by atoms with Crippen LogP contribution >= 0.6 is 0 Å². The lowest BCUT2D eigenvalue weighted by molar-refractivity contribution is 0.0844. The number of rotatable bonds is 11. The van der Waals surface area contributed by atoms with Gasteiger partial charge in [-0.25, -0.2) is 0 Å². The highest BCUT2D eigenvalue weighted by Gasteiger charge is 2.36. The minimum atomic E-state index is -2.51. The molecule has 0 amide bonds. The molecular weight excluding hydrogens is 276 g/mol. The van der Waals surface area contributed by atoms with E-state index in [1.54, 1.807) is 11.8 Å². The Bertz CT molecular complexity index is 239. The van der Waals surface area contributed by atoms with E-state index in [-0.39, 0.29) is 0 Å². The van der Waals surface area contributed by atoms with Crippen molar-refractivity contribution in [2.75, 3.05) is 39.6 Å². The van der Waals surface area contributed by atoms with E-state index in [0.29, 0.717) is 32.5 Å². The van der Waals surface area contributed by atoms with Crippen molar-refractivity contribution in [2.24, 2.45) is 0 Å². The van der Waals surface area contributed by atoms with E-state index < -0.39 is 8.80 Å². The fraction of sp³-hybridized carbons (Fsp3) is 0.714. The van der Waals surface area contributed by atoms with Gasteiger partial charge in [-0.15, -0.1) is 6.58 Å². The molecule has 1 saturated heterocycles. The Kier molecular flexibility index (Phi) is 11.9. The lowest BCUT2D eigenvalue weighted by atomic mass is 10.5. The van der Waals surface area contributed by atoms with Crippen molar-refractivity contribution in [2.45, 2.75) is 26.9 Å². The molecule has 1 unspecified atom stereocenters. The molecule has 0 aromatic carbocycles. The normalized spacial score (nSPS) is 17.1. The first kappa shape index (κ1) is 19.5. The van der Waals surface area contributed by atoms with Crippen LogP contribution in [-0.4, -0.2) is 54.5 Å². The van der Waals surface area contributed by atoms with E-state index in [1.807, 2.05) is 20.8 Å². The SMILES string of the molecule is C=CCOCC1CO1.C=C[Si](OCC)(OCC)OCC. The van der Waals surface area contributed by atoms with Crippen LogP contribution in [0.25, 0.3) is 0 Å². The summed E-state index contributed by atoms with van der Waals surface area (Å²) in [5.74, 6) is 0. The van der Waals surface area contributed by atoms with Gasteiger partial charge in [-0.1, -0.05) is 12.7 Å². The van der Waals surface area contributed by atoms with Crippen LogP contribution in [0.2, 0.25) is 0 Å². The molecule has 0 N–H and O–H groups in total. The van der Waals surface area contributed by atoms with E-state index >= 15 is 0 Å². The molecule has 1 aliphatic rings. The van der Waals surface area contributed by atoms with E-state index in [0.717, 1.165) is 13.2 Å². The number of hydrogen-bond acceptors (Lipinski definition) is 5. The molecule has 0 bridgehead atoms.